The highest BCUT2D eigenvalue weighted by Crippen LogP contribution is 2.70. The lowest BCUT2D eigenvalue weighted by atomic mass is 9.39. The van der Waals surface area contributed by atoms with Gasteiger partial charge in [0.1, 0.15) is 6.61 Å². The van der Waals surface area contributed by atoms with Crippen LogP contribution in [0.15, 0.2) is 11.6 Å². The summed E-state index contributed by atoms with van der Waals surface area (Å²) in [6.07, 6.45) is 6.83. The van der Waals surface area contributed by atoms with Gasteiger partial charge in [-0.1, -0.05) is 27.2 Å². The van der Waals surface area contributed by atoms with Gasteiger partial charge in [0.2, 0.25) is 0 Å². The number of fused-ring (bicyclic) bond motifs is 2. The molecule has 0 spiro atoms. The predicted molar refractivity (Wildman–Crippen MR) is 124 cm³/mol. The third kappa shape index (κ3) is 3.25. The molecule has 8 nitrogen and oxygen atoms in total. The molecule has 5 aliphatic rings. The van der Waals surface area contributed by atoms with Crippen molar-refractivity contribution < 1.29 is 29.3 Å². The number of esters is 2. The molecule has 0 aromatic carbocycles. The number of aliphatic hydroxyl groups is 2. The summed E-state index contributed by atoms with van der Waals surface area (Å²) >= 11 is 0. The van der Waals surface area contributed by atoms with Crippen LogP contribution in [0, 0.1) is 28.6 Å². The fourth-order valence-electron chi connectivity index (χ4n) is 9.06. The van der Waals surface area contributed by atoms with E-state index < -0.39 is 22.8 Å². The number of carbonyl (C=O) groups excluding carboxylic acids is 2. The molecule has 0 aromatic rings. The molecule has 3 aliphatic carbocycles. The van der Waals surface area contributed by atoms with E-state index in [0.29, 0.717) is 31.6 Å². The second-order valence-corrected chi connectivity index (χ2v) is 12.1. The van der Waals surface area contributed by atoms with Gasteiger partial charge in [0.25, 0.3) is 0 Å². The number of hydrogen-bond acceptors (Lipinski definition) is 8. The molecule has 4 N–H and O–H groups in total. The van der Waals surface area contributed by atoms with Gasteiger partial charge in [0.05, 0.1) is 11.7 Å². The van der Waals surface area contributed by atoms with E-state index in [2.05, 4.69) is 17.8 Å². The SMILES string of the molecule is CC(=O)OC12CC(C)C(O)(CCC3=CC(=O)OC3)C3(C)C(O)CCC(C)(C4CCCC4NN1)C23. The first-order valence-corrected chi connectivity index (χ1v) is 13.0. The van der Waals surface area contributed by atoms with Crippen LogP contribution in [0.5, 0.6) is 0 Å². The number of hydrazine groups is 1. The van der Waals surface area contributed by atoms with E-state index in [1.54, 1.807) is 0 Å². The van der Waals surface area contributed by atoms with Gasteiger partial charge in [-0.2, -0.15) is 0 Å². The van der Waals surface area contributed by atoms with Crippen molar-refractivity contribution in [1.82, 2.24) is 10.9 Å². The fraction of sp³-hybridized carbons (Fsp3) is 0.846. The number of nitrogens with one attached hydrogen (secondary N) is 2. The van der Waals surface area contributed by atoms with Crippen LogP contribution in [0.1, 0.15) is 79.1 Å². The molecular weight excluding hydrogens is 436 g/mol. The molecule has 1 saturated heterocycles. The fourth-order valence-corrected chi connectivity index (χ4v) is 9.06. The topological polar surface area (TPSA) is 117 Å². The van der Waals surface area contributed by atoms with E-state index >= 15 is 0 Å². The van der Waals surface area contributed by atoms with E-state index in [1.165, 1.54) is 13.0 Å². The van der Waals surface area contributed by atoms with Crippen LogP contribution in [-0.4, -0.2) is 52.2 Å². The number of ether oxygens (including phenoxy) is 2. The minimum absolute atomic E-state index is 0.235. The third-order valence-electron chi connectivity index (χ3n) is 10.4. The number of cyclic esters (lactones) is 1. The first kappa shape index (κ1) is 24.2. The quantitative estimate of drug-likeness (QED) is 0.457. The lowest BCUT2D eigenvalue weighted by molar-refractivity contribution is -0.320. The molecular formula is C26H40N2O6. The normalized spacial score (nSPS) is 50.0. The second-order valence-electron chi connectivity index (χ2n) is 12.1. The Kier molecular flexibility index (Phi) is 5.71. The zero-order chi connectivity index (χ0) is 24.5. The highest BCUT2D eigenvalue weighted by molar-refractivity contribution is 5.85. The first-order chi connectivity index (χ1) is 16.0. The minimum Gasteiger partial charge on any atom is -0.458 e. The molecule has 2 aliphatic heterocycles. The summed E-state index contributed by atoms with van der Waals surface area (Å²) in [5.74, 6) is -0.908. The smallest absolute Gasteiger partial charge is 0.331 e. The van der Waals surface area contributed by atoms with Crippen molar-refractivity contribution in [3.8, 4) is 0 Å². The van der Waals surface area contributed by atoms with Crippen LogP contribution >= 0.6 is 0 Å². The van der Waals surface area contributed by atoms with E-state index in [-0.39, 0.29) is 41.8 Å². The lowest BCUT2D eigenvalue weighted by Crippen LogP contribution is -2.78. The molecule has 4 fully saturated rings. The van der Waals surface area contributed by atoms with E-state index in [9.17, 15) is 19.8 Å². The maximum absolute atomic E-state index is 12.5. The summed E-state index contributed by atoms with van der Waals surface area (Å²) in [5, 5.41) is 24.2. The van der Waals surface area contributed by atoms with Gasteiger partial charge in [-0.3, -0.25) is 10.2 Å². The number of rotatable bonds is 4. The van der Waals surface area contributed by atoms with Crippen molar-refractivity contribution in [1.29, 1.82) is 0 Å². The Labute approximate surface area is 201 Å². The highest BCUT2D eigenvalue weighted by Gasteiger charge is 2.76. The molecule has 3 saturated carbocycles. The van der Waals surface area contributed by atoms with Crippen molar-refractivity contribution in [3.63, 3.8) is 0 Å². The largest absolute Gasteiger partial charge is 0.458 e. The van der Waals surface area contributed by atoms with Crippen LogP contribution in [0.3, 0.4) is 0 Å². The highest BCUT2D eigenvalue weighted by atomic mass is 16.6. The average molecular weight is 477 g/mol. The Morgan fingerprint density at radius 1 is 1.29 bits per heavy atom. The summed E-state index contributed by atoms with van der Waals surface area (Å²) in [7, 11) is 0. The van der Waals surface area contributed by atoms with Gasteiger partial charge >= 0.3 is 11.9 Å². The predicted octanol–water partition coefficient (Wildman–Crippen LogP) is 2.34. The zero-order valence-electron chi connectivity index (χ0n) is 20.9. The Morgan fingerprint density at radius 2 is 2.06 bits per heavy atom. The molecule has 190 valence electrons. The van der Waals surface area contributed by atoms with Gasteiger partial charge in [0, 0.05) is 36.8 Å². The maximum atomic E-state index is 12.5. The summed E-state index contributed by atoms with van der Waals surface area (Å²) in [5.41, 5.74) is 4.48. The van der Waals surface area contributed by atoms with Crippen LogP contribution in [-0.2, 0) is 19.1 Å². The van der Waals surface area contributed by atoms with Gasteiger partial charge in [-0.25, -0.2) is 10.2 Å². The summed E-state index contributed by atoms with van der Waals surface area (Å²) in [4.78, 5) is 24.1. The minimum atomic E-state index is -1.21. The molecule has 2 heterocycles. The van der Waals surface area contributed by atoms with Crippen LogP contribution in [0.2, 0.25) is 0 Å². The van der Waals surface area contributed by atoms with Crippen molar-refractivity contribution in [3.05, 3.63) is 11.6 Å². The Balaban J connectivity index is 1.63. The number of hydrogen-bond donors (Lipinski definition) is 4. The van der Waals surface area contributed by atoms with Crippen LogP contribution < -0.4 is 10.9 Å². The zero-order valence-corrected chi connectivity index (χ0v) is 20.9. The second kappa shape index (κ2) is 8.02. The summed E-state index contributed by atoms with van der Waals surface area (Å²) in [6.45, 7) is 7.99. The Morgan fingerprint density at radius 3 is 2.74 bits per heavy atom. The number of carbonyl (C=O) groups is 2. The molecule has 9 atom stereocenters. The van der Waals surface area contributed by atoms with Crippen molar-refractivity contribution in [2.24, 2.45) is 28.6 Å². The summed E-state index contributed by atoms with van der Waals surface area (Å²) in [6, 6.07) is 0.262. The molecule has 0 amide bonds. The van der Waals surface area contributed by atoms with E-state index in [1.807, 2.05) is 13.8 Å². The average Bonchev–Trinajstić information content (AvgIpc) is 3.39. The molecule has 0 radical (unpaired) electrons. The lowest BCUT2D eigenvalue weighted by Gasteiger charge is -2.69. The molecule has 34 heavy (non-hydrogen) atoms. The van der Waals surface area contributed by atoms with Gasteiger partial charge in [0.15, 0.2) is 5.72 Å². The van der Waals surface area contributed by atoms with Crippen molar-refractivity contribution in [2.75, 3.05) is 6.61 Å². The van der Waals surface area contributed by atoms with E-state index in [0.717, 1.165) is 31.3 Å². The molecule has 0 aromatic heterocycles. The van der Waals surface area contributed by atoms with E-state index in [4.69, 9.17) is 9.47 Å². The van der Waals surface area contributed by atoms with Gasteiger partial charge in [-0.15, -0.1) is 0 Å². The summed E-state index contributed by atoms with van der Waals surface area (Å²) < 4.78 is 11.3. The molecule has 0 bridgehead atoms. The van der Waals surface area contributed by atoms with Crippen molar-refractivity contribution >= 4 is 11.9 Å². The van der Waals surface area contributed by atoms with Crippen LogP contribution in [0.4, 0.5) is 0 Å². The Hall–Kier alpha value is -1.48. The molecule has 9 unspecified atom stereocenters. The van der Waals surface area contributed by atoms with Gasteiger partial charge < -0.3 is 19.7 Å². The Bertz CT molecular complexity index is 908. The van der Waals surface area contributed by atoms with Crippen LogP contribution in [0.25, 0.3) is 0 Å². The molecule has 8 heteroatoms. The molecule has 5 rings (SSSR count). The third-order valence-corrected chi connectivity index (χ3v) is 10.4. The van der Waals surface area contributed by atoms with Gasteiger partial charge in [-0.05, 0) is 61.3 Å². The maximum Gasteiger partial charge on any atom is 0.331 e. The van der Waals surface area contributed by atoms with Crippen molar-refractivity contribution in [2.45, 2.75) is 103 Å². The monoisotopic (exact) mass is 476 g/mol. The first-order valence-electron chi connectivity index (χ1n) is 13.0. The standard InChI is InChI=1S/C26H40N2O6/c1-15-13-26(34-16(2)29)22-23(3,18-6-5-7-19(18)27-28-26)10-9-20(30)24(22,4)25(15,32)11-8-17-12-21(31)33-14-17/h12,15,18-20,22,27-28,30,32H,5-11,13-14H2,1-4H3. The number of aliphatic hydroxyl groups excluding tert-OH is 1.